The monoisotopic (exact) mass is 490 g/mol. The lowest BCUT2D eigenvalue weighted by Crippen LogP contribution is -2.39. The van der Waals surface area contributed by atoms with Crippen LogP contribution in [-0.2, 0) is 14.3 Å². The van der Waals surface area contributed by atoms with E-state index in [4.69, 9.17) is 4.74 Å². The summed E-state index contributed by atoms with van der Waals surface area (Å²) in [7, 11) is 2.13. The van der Waals surface area contributed by atoms with Crippen LogP contribution < -0.4 is 0 Å². The molecule has 0 aromatic carbocycles. The number of fused-ring (bicyclic) bond motifs is 1. The van der Waals surface area contributed by atoms with E-state index in [-0.39, 0.29) is 30.2 Å². The first-order valence-corrected chi connectivity index (χ1v) is 13.5. The normalized spacial score (nSPS) is 36.0. The maximum atomic E-state index is 13.2. The highest BCUT2D eigenvalue weighted by Gasteiger charge is 2.45. The predicted molar refractivity (Wildman–Crippen MR) is 137 cm³/mol. The number of aliphatic hydroxyl groups excluding tert-OH is 1. The third-order valence-corrected chi connectivity index (χ3v) is 8.73. The van der Waals surface area contributed by atoms with Crippen LogP contribution in [0.3, 0.4) is 0 Å². The van der Waals surface area contributed by atoms with Crippen molar-refractivity contribution < 1.29 is 19.4 Å². The van der Waals surface area contributed by atoms with Gasteiger partial charge in [0, 0.05) is 41.6 Å². The van der Waals surface area contributed by atoms with E-state index in [0.29, 0.717) is 18.5 Å². The minimum Gasteiger partial charge on any atom is -0.458 e. The smallest absolute Gasteiger partial charge is 0.306 e. The van der Waals surface area contributed by atoms with Gasteiger partial charge in [-0.2, -0.15) is 0 Å². The predicted octanol–water partition coefficient (Wildman–Crippen LogP) is 5.03. The standard InChI is InChI=1S/C27H42N2O4S/c1-16-9-8-10-21-22(29(21)7)14-23(17(2)13-20-15-34-19(4)28-20)33-24(30)11-12-27(5,6)26(32)18(3)25(16)31/h13,15-16,18,21-23,25,31H,8-12,14H2,1-7H3/b17-13+/t16-,18+,21+,22-,23-,25-,29?/m0/s1. The van der Waals surface area contributed by atoms with Crippen molar-refractivity contribution in [2.24, 2.45) is 17.3 Å². The number of aliphatic hydroxyl groups is 1. The average molecular weight is 491 g/mol. The molecule has 1 unspecified atom stereocenters. The van der Waals surface area contributed by atoms with E-state index >= 15 is 0 Å². The Bertz CT molecular complexity index is 908. The van der Waals surface area contributed by atoms with Gasteiger partial charge >= 0.3 is 5.97 Å². The zero-order valence-corrected chi connectivity index (χ0v) is 22.7. The van der Waals surface area contributed by atoms with Gasteiger partial charge in [-0.15, -0.1) is 11.3 Å². The second-order valence-electron chi connectivity index (χ2n) is 11.1. The second kappa shape index (κ2) is 11.0. The maximum absolute atomic E-state index is 13.2. The lowest BCUT2D eigenvalue weighted by atomic mass is 9.74. The van der Waals surface area contributed by atoms with Crippen LogP contribution in [0.4, 0.5) is 0 Å². The fourth-order valence-electron chi connectivity index (χ4n) is 5.35. The number of ketones is 1. The molecule has 0 spiro atoms. The molecule has 2 fully saturated rings. The van der Waals surface area contributed by atoms with Crippen molar-refractivity contribution in [3.05, 3.63) is 21.7 Å². The van der Waals surface area contributed by atoms with E-state index in [2.05, 4.69) is 16.9 Å². The van der Waals surface area contributed by atoms with Crippen LogP contribution in [0.15, 0.2) is 11.0 Å². The van der Waals surface area contributed by atoms with Crippen LogP contribution in [0.5, 0.6) is 0 Å². The van der Waals surface area contributed by atoms with Gasteiger partial charge in [0.25, 0.3) is 0 Å². The number of esters is 1. The van der Waals surface area contributed by atoms with Crippen molar-refractivity contribution in [1.29, 1.82) is 0 Å². The summed E-state index contributed by atoms with van der Waals surface area (Å²) in [5, 5.41) is 13.9. The molecule has 34 heavy (non-hydrogen) atoms. The summed E-state index contributed by atoms with van der Waals surface area (Å²) in [5.74, 6) is -0.652. The summed E-state index contributed by atoms with van der Waals surface area (Å²) in [4.78, 5) is 33.0. The number of Topliss-reactive ketones (excluding diaryl/α,β-unsaturated/α-hetero) is 1. The molecular formula is C27H42N2O4S. The maximum Gasteiger partial charge on any atom is 0.306 e. The molecule has 3 rings (SSSR count). The molecule has 190 valence electrons. The molecule has 1 N–H and O–H groups in total. The highest BCUT2D eigenvalue weighted by atomic mass is 32.1. The van der Waals surface area contributed by atoms with Crippen molar-refractivity contribution in [3.63, 3.8) is 0 Å². The fraction of sp³-hybridized carbons (Fsp3) is 0.741. The fourth-order valence-corrected chi connectivity index (χ4v) is 5.92. The van der Waals surface area contributed by atoms with E-state index in [9.17, 15) is 14.7 Å². The number of hydrogen-bond acceptors (Lipinski definition) is 7. The zero-order valence-electron chi connectivity index (χ0n) is 21.8. The minimum atomic E-state index is -0.698. The summed E-state index contributed by atoms with van der Waals surface area (Å²) in [6.07, 6.45) is 5.35. The number of cyclic esters (lactones) is 1. The first-order valence-electron chi connectivity index (χ1n) is 12.6. The summed E-state index contributed by atoms with van der Waals surface area (Å²) < 4.78 is 6.01. The molecule has 0 bridgehead atoms. The van der Waals surface area contributed by atoms with Crippen LogP contribution in [0.2, 0.25) is 0 Å². The Labute approximate surface area is 208 Å². The first-order chi connectivity index (χ1) is 15.9. The molecule has 0 amide bonds. The molecule has 7 heteroatoms. The van der Waals surface area contributed by atoms with Crippen molar-refractivity contribution in [1.82, 2.24) is 9.88 Å². The molecule has 2 aliphatic heterocycles. The van der Waals surface area contributed by atoms with E-state index in [0.717, 1.165) is 42.0 Å². The molecule has 0 radical (unpaired) electrons. The quantitative estimate of drug-likeness (QED) is 0.463. The highest BCUT2D eigenvalue weighted by Crippen LogP contribution is 2.37. The van der Waals surface area contributed by atoms with Crippen LogP contribution in [-0.4, -0.2) is 58.1 Å². The van der Waals surface area contributed by atoms with Crippen molar-refractivity contribution >= 4 is 29.2 Å². The number of aromatic nitrogens is 1. The minimum absolute atomic E-state index is 0.0141. The number of carbonyl (C=O) groups is 2. The third kappa shape index (κ3) is 6.55. The Morgan fingerprint density at radius 3 is 2.62 bits per heavy atom. The highest BCUT2D eigenvalue weighted by molar-refractivity contribution is 7.09. The summed E-state index contributed by atoms with van der Waals surface area (Å²) in [6.45, 7) is 11.6. The number of thiazole rings is 1. The van der Waals surface area contributed by atoms with Gasteiger partial charge in [0.1, 0.15) is 11.9 Å². The number of nitrogens with zero attached hydrogens (tertiary/aromatic N) is 2. The van der Waals surface area contributed by atoms with Crippen molar-refractivity contribution in [3.8, 4) is 0 Å². The average Bonchev–Trinajstić information content (AvgIpc) is 3.17. The SMILES string of the molecule is C/C(=C\c1csc(C)n1)[C@@H]1C[C@H]2[C@@H](CCC[C@H](C)[C@H](O)[C@@H](C)C(=O)C(C)(C)CCC(=O)O1)N2C. The molecule has 3 heterocycles. The van der Waals surface area contributed by atoms with Gasteiger partial charge < -0.3 is 9.84 Å². The molecule has 2 saturated heterocycles. The first kappa shape index (κ1) is 27.0. The number of likely N-dealkylation sites (N-methyl/N-ethyl adjacent to an activating group) is 1. The Balaban J connectivity index is 1.80. The molecule has 7 atom stereocenters. The Morgan fingerprint density at radius 2 is 1.97 bits per heavy atom. The van der Waals surface area contributed by atoms with Gasteiger partial charge in [-0.05, 0) is 57.7 Å². The lowest BCUT2D eigenvalue weighted by molar-refractivity contribution is -0.148. The van der Waals surface area contributed by atoms with Crippen LogP contribution >= 0.6 is 11.3 Å². The van der Waals surface area contributed by atoms with E-state index in [1.54, 1.807) is 11.3 Å². The van der Waals surface area contributed by atoms with Gasteiger partial charge in [-0.25, -0.2) is 4.98 Å². The number of ether oxygens (including phenoxy) is 1. The lowest BCUT2D eigenvalue weighted by Gasteiger charge is -2.31. The van der Waals surface area contributed by atoms with Gasteiger partial charge in [-0.1, -0.05) is 34.1 Å². The molecule has 0 aliphatic carbocycles. The van der Waals surface area contributed by atoms with Gasteiger partial charge in [-0.3, -0.25) is 14.5 Å². The third-order valence-electron chi connectivity index (χ3n) is 7.94. The van der Waals surface area contributed by atoms with Gasteiger partial charge in [0.05, 0.1) is 16.8 Å². The van der Waals surface area contributed by atoms with Crippen LogP contribution in [0.25, 0.3) is 6.08 Å². The molecule has 2 aliphatic rings. The van der Waals surface area contributed by atoms with E-state index < -0.39 is 17.4 Å². The zero-order chi connectivity index (χ0) is 25.2. The second-order valence-corrected chi connectivity index (χ2v) is 12.2. The largest absolute Gasteiger partial charge is 0.458 e. The van der Waals surface area contributed by atoms with Gasteiger partial charge in [0.15, 0.2) is 0 Å². The molecule has 0 saturated carbocycles. The summed E-state index contributed by atoms with van der Waals surface area (Å²) in [6, 6.07) is 0.842. The number of carbonyl (C=O) groups excluding carboxylic acids is 2. The Morgan fingerprint density at radius 1 is 1.26 bits per heavy atom. The van der Waals surface area contributed by atoms with E-state index in [1.807, 2.05) is 53.0 Å². The van der Waals surface area contributed by atoms with Gasteiger partial charge in [0.2, 0.25) is 0 Å². The van der Waals surface area contributed by atoms with Crippen molar-refractivity contribution in [2.45, 2.75) is 104 Å². The van der Waals surface area contributed by atoms with Crippen LogP contribution in [0.1, 0.15) is 83.8 Å². The summed E-state index contributed by atoms with van der Waals surface area (Å²) in [5.41, 5.74) is 1.20. The molecule has 1 aromatic rings. The molecule has 6 nitrogen and oxygen atoms in total. The number of rotatable bonds is 2. The van der Waals surface area contributed by atoms with Crippen LogP contribution in [0, 0.1) is 24.2 Å². The summed E-state index contributed by atoms with van der Waals surface area (Å²) >= 11 is 1.61. The number of hydrogen-bond donors (Lipinski definition) is 1. The van der Waals surface area contributed by atoms with Crippen molar-refractivity contribution in [2.75, 3.05) is 7.05 Å². The topological polar surface area (TPSA) is 79.5 Å². The Kier molecular flexibility index (Phi) is 8.75. The van der Waals surface area contributed by atoms with E-state index in [1.165, 1.54) is 0 Å². The number of aryl methyl sites for hydroxylation is 1. The molecular weight excluding hydrogens is 448 g/mol. The Hall–Kier alpha value is -1.57. The molecule has 1 aromatic heterocycles.